The summed E-state index contributed by atoms with van der Waals surface area (Å²) in [5, 5.41) is 12.0. The van der Waals surface area contributed by atoms with Crippen LogP contribution in [0.25, 0.3) is 5.65 Å². The molecule has 3 rings (SSSR count). The van der Waals surface area contributed by atoms with Crippen LogP contribution in [0.15, 0.2) is 41.3 Å². The highest BCUT2D eigenvalue weighted by Gasteiger charge is 2.08. The minimum absolute atomic E-state index is 0.391. The Morgan fingerprint density at radius 1 is 1.40 bits per heavy atom. The quantitative estimate of drug-likeness (QED) is 0.754. The molecule has 0 saturated heterocycles. The second kappa shape index (κ2) is 4.83. The van der Waals surface area contributed by atoms with Crippen molar-refractivity contribution in [2.75, 3.05) is 11.1 Å². The number of halogens is 1. The van der Waals surface area contributed by atoms with Crippen LogP contribution in [-0.4, -0.2) is 14.4 Å². The Bertz CT molecular complexity index is 832. The third kappa shape index (κ3) is 2.17. The predicted molar refractivity (Wildman–Crippen MR) is 79.5 cm³/mol. The van der Waals surface area contributed by atoms with Crippen molar-refractivity contribution in [1.82, 2.24) is 14.4 Å². The number of imidazole rings is 1. The summed E-state index contributed by atoms with van der Waals surface area (Å²) in [6, 6.07) is 7.34. The molecule has 6 nitrogen and oxygen atoms in total. The second-order valence-electron chi connectivity index (χ2n) is 4.10. The first kappa shape index (κ1) is 12.4. The Morgan fingerprint density at radius 3 is 3.00 bits per heavy atom. The molecule has 7 heteroatoms. The Balaban J connectivity index is 2.05. The highest BCUT2D eigenvalue weighted by Crippen LogP contribution is 2.27. The van der Waals surface area contributed by atoms with Gasteiger partial charge in [0.05, 0.1) is 23.5 Å². The topological polar surface area (TPSA) is 92.0 Å². The predicted octanol–water partition coefficient (Wildman–Crippen LogP) is 2.69. The van der Waals surface area contributed by atoms with Crippen LogP contribution >= 0.6 is 15.9 Å². The van der Waals surface area contributed by atoms with Gasteiger partial charge in [-0.05, 0) is 34.1 Å². The zero-order valence-corrected chi connectivity index (χ0v) is 11.8. The number of nitriles is 1. The Hall–Kier alpha value is -2.59. The molecule has 1 aromatic carbocycles. The standard InChI is InChI=1S/C13H9BrN6/c14-9-5-8(6-15)1-2-10(9)18-12-13-17-3-4-20(13)7-11(16)19-12/h1-5,7H,16H2,(H,18,19). The van der Waals surface area contributed by atoms with Crippen LogP contribution in [0.5, 0.6) is 0 Å². The summed E-state index contributed by atoms with van der Waals surface area (Å²) in [5.41, 5.74) is 7.81. The highest BCUT2D eigenvalue weighted by molar-refractivity contribution is 9.10. The van der Waals surface area contributed by atoms with E-state index in [1.165, 1.54) is 0 Å². The Labute approximate surface area is 123 Å². The number of nitrogens with zero attached hydrogens (tertiary/aromatic N) is 4. The van der Waals surface area contributed by atoms with Crippen LogP contribution in [0.3, 0.4) is 0 Å². The van der Waals surface area contributed by atoms with Crippen LogP contribution in [0.4, 0.5) is 17.3 Å². The van der Waals surface area contributed by atoms with Crippen LogP contribution in [0.2, 0.25) is 0 Å². The van der Waals surface area contributed by atoms with Crippen molar-refractivity contribution in [3.63, 3.8) is 0 Å². The largest absolute Gasteiger partial charge is 0.382 e. The van der Waals surface area contributed by atoms with Crippen LogP contribution in [0.1, 0.15) is 5.56 Å². The van der Waals surface area contributed by atoms with E-state index < -0.39 is 0 Å². The molecular weight excluding hydrogens is 320 g/mol. The second-order valence-corrected chi connectivity index (χ2v) is 4.96. The molecule has 0 saturated carbocycles. The molecule has 0 aliphatic heterocycles. The SMILES string of the molecule is N#Cc1ccc(Nc2nc(N)cn3ccnc23)c(Br)c1. The lowest BCUT2D eigenvalue weighted by molar-refractivity contribution is 1.14. The van der Waals surface area contributed by atoms with Crippen molar-refractivity contribution >= 4 is 38.9 Å². The van der Waals surface area contributed by atoms with Crippen molar-refractivity contribution in [1.29, 1.82) is 5.26 Å². The van der Waals surface area contributed by atoms with E-state index >= 15 is 0 Å². The maximum absolute atomic E-state index is 8.86. The Kier molecular flexibility index (Phi) is 3.00. The molecule has 0 radical (unpaired) electrons. The summed E-state index contributed by atoms with van der Waals surface area (Å²) in [6.07, 6.45) is 5.17. The van der Waals surface area contributed by atoms with E-state index in [2.05, 4.69) is 37.3 Å². The summed E-state index contributed by atoms with van der Waals surface area (Å²) in [7, 11) is 0. The van der Waals surface area contributed by atoms with Crippen LogP contribution < -0.4 is 11.1 Å². The summed E-state index contributed by atoms with van der Waals surface area (Å²) < 4.78 is 2.56. The van der Waals surface area contributed by atoms with Crippen LogP contribution in [0, 0.1) is 11.3 Å². The van der Waals surface area contributed by atoms with Gasteiger partial charge in [0.1, 0.15) is 5.82 Å². The average Bonchev–Trinajstić information content (AvgIpc) is 2.89. The number of hydrogen-bond acceptors (Lipinski definition) is 5. The molecule has 0 spiro atoms. The molecule has 0 amide bonds. The molecule has 98 valence electrons. The average molecular weight is 329 g/mol. The monoisotopic (exact) mass is 328 g/mol. The molecule has 0 aliphatic rings. The van der Waals surface area contributed by atoms with Gasteiger partial charge >= 0.3 is 0 Å². The number of nitrogens with two attached hydrogens (primary N) is 1. The van der Waals surface area contributed by atoms with Gasteiger partial charge in [-0.3, -0.25) is 0 Å². The Morgan fingerprint density at radius 2 is 2.25 bits per heavy atom. The molecular formula is C13H9BrN6. The summed E-state index contributed by atoms with van der Waals surface area (Å²) in [4.78, 5) is 8.48. The highest BCUT2D eigenvalue weighted by atomic mass is 79.9. The molecule has 0 unspecified atom stereocenters. The molecule has 0 atom stereocenters. The first-order chi connectivity index (χ1) is 9.67. The van der Waals surface area contributed by atoms with Crippen molar-refractivity contribution < 1.29 is 0 Å². The molecule has 0 aliphatic carbocycles. The number of nitrogens with one attached hydrogen (secondary N) is 1. The lowest BCUT2D eigenvalue weighted by Gasteiger charge is -2.09. The van der Waals surface area contributed by atoms with Gasteiger partial charge in [-0.25, -0.2) is 9.97 Å². The molecule has 2 heterocycles. The number of anilines is 3. The first-order valence-electron chi connectivity index (χ1n) is 5.73. The molecule has 3 aromatic rings. The number of nitrogen functional groups attached to an aromatic ring is 1. The zero-order chi connectivity index (χ0) is 14.1. The summed E-state index contributed by atoms with van der Waals surface area (Å²) in [6.45, 7) is 0. The van der Waals surface area contributed by atoms with E-state index in [0.717, 1.165) is 10.2 Å². The molecule has 3 N–H and O–H groups in total. The first-order valence-corrected chi connectivity index (χ1v) is 6.52. The van der Waals surface area contributed by atoms with E-state index in [9.17, 15) is 0 Å². The minimum Gasteiger partial charge on any atom is -0.382 e. The molecule has 2 aromatic heterocycles. The fourth-order valence-corrected chi connectivity index (χ4v) is 2.33. The number of rotatable bonds is 2. The van der Waals surface area contributed by atoms with Gasteiger partial charge in [-0.1, -0.05) is 0 Å². The summed E-state index contributed by atoms with van der Waals surface area (Å²) >= 11 is 3.42. The molecule has 20 heavy (non-hydrogen) atoms. The smallest absolute Gasteiger partial charge is 0.180 e. The third-order valence-electron chi connectivity index (χ3n) is 2.74. The maximum Gasteiger partial charge on any atom is 0.180 e. The number of benzene rings is 1. The number of aromatic nitrogens is 3. The normalized spacial score (nSPS) is 10.4. The van der Waals surface area contributed by atoms with Gasteiger partial charge < -0.3 is 15.5 Å². The van der Waals surface area contributed by atoms with Gasteiger partial charge in [-0.2, -0.15) is 5.26 Å². The van der Waals surface area contributed by atoms with E-state index in [1.54, 1.807) is 41.2 Å². The van der Waals surface area contributed by atoms with Gasteiger partial charge in [0.25, 0.3) is 0 Å². The lowest BCUT2D eigenvalue weighted by Crippen LogP contribution is -2.02. The number of fused-ring (bicyclic) bond motifs is 1. The van der Waals surface area contributed by atoms with E-state index in [-0.39, 0.29) is 0 Å². The summed E-state index contributed by atoms with van der Waals surface area (Å²) in [5.74, 6) is 0.947. The molecule has 0 bridgehead atoms. The fourth-order valence-electron chi connectivity index (χ4n) is 1.85. The maximum atomic E-state index is 8.86. The van der Waals surface area contributed by atoms with Crippen molar-refractivity contribution in [3.05, 3.63) is 46.8 Å². The minimum atomic E-state index is 0.391. The fraction of sp³-hybridized carbons (Fsp3) is 0. The van der Waals surface area contributed by atoms with E-state index in [0.29, 0.717) is 22.8 Å². The number of hydrogen-bond donors (Lipinski definition) is 2. The van der Waals surface area contributed by atoms with Crippen molar-refractivity contribution in [3.8, 4) is 6.07 Å². The zero-order valence-electron chi connectivity index (χ0n) is 10.2. The van der Waals surface area contributed by atoms with Crippen molar-refractivity contribution in [2.24, 2.45) is 0 Å². The van der Waals surface area contributed by atoms with Gasteiger partial charge in [-0.15, -0.1) is 0 Å². The van der Waals surface area contributed by atoms with E-state index in [4.69, 9.17) is 11.0 Å². The molecule has 0 fully saturated rings. The van der Waals surface area contributed by atoms with Gasteiger partial charge in [0.15, 0.2) is 11.5 Å². The van der Waals surface area contributed by atoms with E-state index in [1.807, 2.05) is 0 Å². The van der Waals surface area contributed by atoms with Crippen molar-refractivity contribution in [2.45, 2.75) is 0 Å². The van der Waals surface area contributed by atoms with Crippen LogP contribution in [-0.2, 0) is 0 Å². The van der Waals surface area contributed by atoms with Gasteiger partial charge in [0.2, 0.25) is 0 Å². The lowest BCUT2D eigenvalue weighted by atomic mass is 10.2. The third-order valence-corrected chi connectivity index (χ3v) is 3.40. The van der Waals surface area contributed by atoms with Gasteiger partial charge in [0, 0.05) is 16.9 Å².